The first-order valence-corrected chi connectivity index (χ1v) is 9.69. The van der Waals surface area contributed by atoms with Crippen molar-refractivity contribution in [3.8, 4) is 0 Å². The van der Waals surface area contributed by atoms with Gasteiger partial charge in [-0.25, -0.2) is 0 Å². The Hall–Kier alpha value is -1.98. The summed E-state index contributed by atoms with van der Waals surface area (Å²) in [5.41, 5.74) is 0. The maximum Gasteiger partial charge on any atom is 0.303 e. The Morgan fingerprint density at radius 1 is 1.19 bits per heavy atom. The molecule has 0 heterocycles. The molecule has 1 fully saturated rings. The highest BCUT2D eigenvalue weighted by Gasteiger charge is 2.39. The van der Waals surface area contributed by atoms with Crippen LogP contribution >= 0.6 is 0 Å². The van der Waals surface area contributed by atoms with E-state index in [1.165, 1.54) is 0 Å². The fraction of sp³-hybridized carbons (Fsp3) is 0.545. The molecule has 0 aromatic rings. The van der Waals surface area contributed by atoms with Crippen molar-refractivity contribution < 1.29 is 24.9 Å². The molecule has 0 saturated heterocycles. The Kier molecular flexibility index (Phi) is 11.3. The zero-order valence-corrected chi connectivity index (χ0v) is 16.0. The highest BCUT2D eigenvalue weighted by Crippen LogP contribution is 2.33. The number of aliphatic carboxylic acids is 1. The van der Waals surface area contributed by atoms with Crippen LogP contribution in [0.1, 0.15) is 51.9 Å². The van der Waals surface area contributed by atoms with Crippen LogP contribution in [0.2, 0.25) is 0 Å². The van der Waals surface area contributed by atoms with Gasteiger partial charge in [0, 0.05) is 24.7 Å². The molecule has 0 radical (unpaired) electrons. The van der Waals surface area contributed by atoms with E-state index in [1.807, 2.05) is 43.4 Å². The van der Waals surface area contributed by atoms with Crippen molar-refractivity contribution in [3.63, 3.8) is 0 Å². The molecule has 5 heteroatoms. The third kappa shape index (κ3) is 9.50. The molecule has 4 atom stereocenters. The molecule has 1 saturated carbocycles. The molecule has 1 aliphatic rings. The van der Waals surface area contributed by atoms with Crippen LogP contribution in [0.3, 0.4) is 0 Å². The number of carbonyl (C=O) groups excluding carboxylic acids is 1. The van der Waals surface area contributed by atoms with E-state index in [0.717, 1.165) is 6.42 Å². The van der Waals surface area contributed by atoms with Crippen LogP contribution in [0.5, 0.6) is 0 Å². The number of allylic oxidation sites excluding steroid dienone is 5. The van der Waals surface area contributed by atoms with Crippen LogP contribution in [0.4, 0.5) is 0 Å². The Balaban J connectivity index is 2.40. The van der Waals surface area contributed by atoms with Crippen molar-refractivity contribution in [3.05, 3.63) is 48.6 Å². The molecule has 1 aliphatic carbocycles. The Labute approximate surface area is 161 Å². The highest BCUT2D eigenvalue weighted by molar-refractivity contribution is 5.84. The number of carbonyl (C=O) groups is 2. The van der Waals surface area contributed by atoms with Gasteiger partial charge in [0.2, 0.25) is 0 Å². The molecule has 0 aliphatic heterocycles. The van der Waals surface area contributed by atoms with E-state index in [-0.39, 0.29) is 30.5 Å². The maximum absolute atomic E-state index is 12.0. The minimum atomic E-state index is -0.803. The molecule has 0 aromatic heterocycles. The van der Waals surface area contributed by atoms with Gasteiger partial charge in [0.15, 0.2) is 0 Å². The van der Waals surface area contributed by atoms with Crippen LogP contribution in [-0.2, 0) is 9.59 Å². The van der Waals surface area contributed by atoms with Gasteiger partial charge in [-0.2, -0.15) is 0 Å². The minimum absolute atomic E-state index is 0.0852. The summed E-state index contributed by atoms with van der Waals surface area (Å²) < 4.78 is 0. The lowest BCUT2D eigenvalue weighted by Gasteiger charge is -2.16. The lowest BCUT2D eigenvalue weighted by molar-refractivity contribution is -0.136. The summed E-state index contributed by atoms with van der Waals surface area (Å²) in [5, 5.41) is 28.7. The smallest absolute Gasteiger partial charge is 0.303 e. The lowest BCUT2D eigenvalue weighted by atomic mass is 9.90. The number of Topliss-reactive ketones (excluding diaryl/α,β-unsaturated/α-hetero) is 1. The largest absolute Gasteiger partial charge is 0.481 e. The molecular formula is C22H32O5. The van der Waals surface area contributed by atoms with Gasteiger partial charge in [-0.15, -0.1) is 0 Å². The maximum atomic E-state index is 12.0. The highest BCUT2D eigenvalue weighted by atomic mass is 16.4. The van der Waals surface area contributed by atoms with E-state index in [1.54, 1.807) is 12.2 Å². The summed E-state index contributed by atoms with van der Waals surface area (Å²) in [5.74, 6) is -1.17. The van der Waals surface area contributed by atoms with Gasteiger partial charge < -0.3 is 15.3 Å². The van der Waals surface area contributed by atoms with Crippen molar-refractivity contribution in [1.29, 1.82) is 0 Å². The predicted octanol–water partition coefficient (Wildman–Crippen LogP) is 3.58. The van der Waals surface area contributed by atoms with Gasteiger partial charge >= 0.3 is 5.97 Å². The molecule has 27 heavy (non-hydrogen) atoms. The second kappa shape index (κ2) is 13.2. The van der Waals surface area contributed by atoms with Crippen molar-refractivity contribution in [2.24, 2.45) is 11.8 Å². The molecule has 1 rings (SSSR count). The van der Waals surface area contributed by atoms with Crippen LogP contribution in [0, 0.1) is 11.8 Å². The summed E-state index contributed by atoms with van der Waals surface area (Å²) in [4.78, 5) is 22.4. The summed E-state index contributed by atoms with van der Waals surface area (Å²) in [6, 6.07) is 0. The second-order valence-electron chi connectivity index (χ2n) is 6.84. The zero-order chi connectivity index (χ0) is 20.1. The molecule has 0 bridgehead atoms. The summed E-state index contributed by atoms with van der Waals surface area (Å²) in [7, 11) is 0. The predicted molar refractivity (Wildman–Crippen MR) is 106 cm³/mol. The first-order valence-electron chi connectivity index (χ1n) is 9.69. The van der Waals surface area contributed by atoms with Gasteiger partial charge in [0.25, 0.3) is 0 Å². The molecular weight excluding hydrogens is 344 g/mol. The average molecular weight is 376 g/mol. The van der Waals surface area contributed by atoms with Gasteiger partial charge in [0.05, 0.1) is 12.2 Å². The Morgan fingerprint density at radius 2 is 1.93 bits per heavy atom. The third-order valence-electron chi connectivity index (χ3n) is 4.59. The molecule has 0 aromatic carbocycles. The quantitative estimate of drug-likeness (QED) is 0.453. The van der Waals surface area contributed by atoms with E-state index in [2.05, 4.69) is 0 Å². The number of carboxylic acids is 1. The van der Waals surface area contributed by atoms with E-state index in [4.69, 9.17) is 5.11 Å². The molecule has 0 unspecified atom stereocenters. The van der Waals surface area contributed by atoms with Gasteiger partial charge in [-0.3, -0.25) is 9.59 Å². The van der Waals surface area contributed by atoms with Crippen LogP contribution < -0.4 is 0 Å². The van der Waals surface area contributed by atoms with Gasteiger partial charge in [-0.05, 0) is 32.1 Å². The molecule has 0 amide bonds. The van der Waals surface area contributed by atoms with Crippen LogP contribution in [-0.4, -0.2) is 39.3 Å². The van der Waals surface area contributed by atoms with E-state index in [9.17, 15) is 19.8 Å². The van der Waals surface area contributed by atoms with Crippen molar-refractivity contribution >= 4 is 11.8 Å². The second-order valence-corrected chi connectivity index (χ2v) is 6.84. The molecule has 3 N–H and O–H groups in total. The fourth-order valence-electron chi connectivity index (χ4n) is 3.10. The van der Waals surface area contributed by atoms with Crippen molar-refractivity contribution in [2.45, 2.75) is 64.1 Å². The molecule has 0 spiro atoms. The fourth-order valence-corrected chi connectivity index (χ4v) is 3.10. The number of carboxylic acid groups (broad SMARTS) is 1. The number of aliphatic hydroxyl groups excluding tert-OH is 2. The van der Waals surface area contributed by atoms with E-state index >= 15 is 0 Å². The van der Waals surface area contributed by atoms with E-state index < -0.39 is 18.2 Å². The van der Waals surface area contributed by atoms with Crippen molar-refractivity contribution in [1.82, 2.24) is 0 Å². The Bertz CT molecular complexity index is 573. The molecule has 5 nitrogen and oxygen atoms in total. The van der Waals surface area contributed by atoms with Crippen molar-refractivity contribution in [2.75, 3.05) is 0 Å². The lowest BCUT2D eigenvalue weighted by Crippen LogP contribution is -2.18. The zero-order valence-electron chi connectivity index (χ0n) is 16.0. The topological polar surface area (TPSA) is 94.8 Å². The molecule has 150 valence electrons. The average Bonchev–Trinajstić information content (AvgIpc) is 2.88. The monoisotopic (exact) mass is 376 g/mol. The normalized spacial score (nSPS) is 24.9. The van der Waals surface area contributed by atoms with E-state index in [0.29, 0.717) is 25.7 Å². The number of hydrogen-bond acceptors (Lipinski definition) is 4. The first-order chi connectivity index (χ1) is 13.0. The standard InChI is InChI=1S/C22H32O5/c1-2-3-8-12-18-19(21(25)16-20(18)24)15-14-17(23)11-9-6-4-5-7-10-13-22(26)27/h3,5-9,14-15,17-19,21,23,25H,2,4,10-13,16H2,1H3,(H,26,27)/b7-5-,8-3-,9-6-,15-14+/t17-,18+,19+,21-/m0/s1. The number of ketones is 1. The van der Waals surface area contributed by atoms with Gasteiger partial charge in [-0.1, -0.05) is 55.5 Å². The number of aliphatic hydroxyl groups is 2. The SMILES string of the molecule is CC/C=C\C[C@H]1C(=O)C[C@H](O)[C@@H]1/C=C/[C@@H](O)C/C=C\C/C=C\CCC(=O)O. The van der Waals surface area contributed by atoms with Crippen LogP contribution in [0.25, 0.3) is 0 Å². The summed E-state index contributed by atoms with van der Waals surface area (Å²) in [6.07, 6.45) is 17.2. The minimum Gasteiger partial charge on any atom is -0.481 e. The summed E-state index contributed by atoms with van der Waals surface area (Å²) >= 11 is 0. The summed E-state index contributed by atoms with van der Waals surface area (Å²) in [6.45, 7) is 2.04. The van der Waals surface area contributed by atoms with Crippen LogP contribution in [0.15, 0.2) is 48.6 Å². The van der Waals surface area contributed by atoms with Gasteiger partial charge in [0.1, 0.15) is 5.78 Å². The first kappa shape index (κ1) is 23.1. The Morgan fingerprint density at radius 3 is 2.63 bits per heavy atom. The third-order valence-corrected chi connectivity index (χ3v) is 4.59. The number of rotatable bonds is 12. The number of hydrogen-bond donors (Lipinski definition) is 3.